The molecule has 0 fully saturated rings. The fourth-order valence-electron chi connectivity index (χ4n) is 2.25. The fraction of sp³-hybridized carbons (Fsp3) is 0. The third-order valence-electron chi connectivity index (χ3n) is 3.67. The summed E-state index contributed by atoms with van der Waals surface area (Å²) in [6.45, 7) is 0. The van der Waals surface area contributed by atoms with Crippen LogP contribution in [0.25, 0.3) is 11.3 Å². The number of phenolic OH excluding ortho intramolecular Hbond substituents is 2. The van der Waals surface area contributed by atoms with Crippen LogP contribution in [0.4, 0.5) is 11.6 Å². The van der Waals surface area contributed by atoms with Gasteiger partial charge >= 0.3 is 0 Å². The van der Waals surface area contributed by atoms with E-state index < -0.39 is 0 Å². The average Bonchev–Trinajstić information content (AvgIpc) is 3.18. The van der Waals surface area contributed by atoms with Gasteiger partial charge in [-0.25, -0.2) is 4.63 Å². The van der Waals surface area contributed by atoms with Gasteiger partial charge in [0, 0.05) is 0 Å². The molecule has 4 N–H and O–H groups in total. The van der Waals surface area contributed by atoms with Crippen LogP contribution in [0, 0.1) is 0 Å². The number of rotatable bonds is 6. The SMILES string of the molecule is Oc1ccc(C=NNc2nc3nonc3nc2NN=Cc2ccc(O)cc2)cc1. The van der Waals surface area contributed by atoms with E-state index in [0.29, 0.717) is 0 Å². The number of nitrogens with one attached hydrogen (secondary N) is 2. The minimum absolute atomic E-state index is 0.169. The fourth-order valence-corrected chi connectivity index (χ4v) is 2.25. The normalized spacial score (nSPS) is 11.4. The highest BCUT2D eigenvalue weighted by Gasteiger charge is 2.11. The predicted molar refractivity (Wildman–Crippen MR) is 106 cm³/mol. The molecule has 0 spiro atoms. The van der Waals surface area contributed by atoms with Crippen molar-refractivity contribution in [1.82, 2.24) is 20.3 Å². The van der Waals surface area contributed by atoms with Gasteiger partial charge in [-0.3, -0.25) is 10.9 Å². The van der Waals surface area contributed by atoms with E-state index in [1.807, 2.05) is 0 Å². The number of hydrogen-bond donors (Lipinski definition) is 4. The Kier molecular flexibility index (Phi) is 4.93. The van der Waals surface area contributed by atoms with Crippen molar-refractivity contribution in [3.8, 4) is 11.5 Å². The second-order valence-electron chi connectivity index (χ2n) is 5.76. The predicted octanol–water partition coefficient (Wildman–Crippen LogP) is 2.32. The standard InChI is InChI=1S/C18H14N8O3/c27-13-5-1-11(2-6-13)9-19-23-15-16(22-18-17(21-15)25-29-26-18)24-20-10-12-3-7-14(28)8-4-12/h1-10,27-28H,(H,21,23,25)(H,22,24,26). The van der Waals surface area contributed by atoms with Crippen molar-refractivity contribution >= 4 is 35.4 Å². The van der Waals surface area contributed by atoms with Crippen molar-refractivity contribution in [2.45, 2.75) is 0 Å². The molecule has 0 unspecified atom stereocenters. The van der Waals surface area contributed by atoms with E-state index in [4.69, 9.17) is 0 Å². The second-order valence-corrected chi connectivity index (χ2v) is 5.76. The van der Waals surface area contributed by atoms with Crippen molar-refractivity contribution in [1.29, 1.82) is 0 Å². The van der Waals surface area contributed by atoms with Crippen LogP contribution >= 0.6 is 0 Å². The lowest BCUT2D eigenvalue weighted by molar-refractivity contribution is 0.314. The summed E-state index contributed by atoms with van der Waals surface area (Å²) in [5.74, 6) is 0.850. The second kappa shape index (κ2) is 8.00. The van der Waals surface area contributed by atoms with Crippen LogP contribution in [-0.2, 0) is 0 Å². The zero-order valence-corrected chi connectivity index (χ0v) is 14.8. The van der Waals surface area contributed by atoms with E-state index in [-0.39, 0.29) is 34.4 Å². The number of hydrazone groups is 2. The number of hydrogen-bond acceptors (Lipinski definition) is 11. The summed E-state index contributed by atoms with van der Waals surface area (Å²) >= 11 is 0. The zero-order chi connectivity index (χ0) is 20.1. The number of aromatic hydroxyl groups is 2. The number of aromatic nitrogens is 4. The molecule has 2 heterocycles. The molecule has 11 nitrogen and oxygen atoms in total. The van der Waals surface area contributed by atoms with Crippen molar-refractivity contribution < 1.29 is 14.8 Å². The Morgan fingerprint density at radius 1 is 0.690 bits per heavy atom. The lowest BCUT2D eigenvalue weighted by Crippen LogP contribution is -2.03. The van der Waals surface area contributed by atoms with Crippen LogP contribution in [0.3, 0.4) is 0 Å². The number of fused-ring (bicyclic) bond motifs is 1. The van der Waals surface area contributed by atoms with Gasteiger partial charge in [0.1, 0.15) is 11.5 Å². The lowest BCUT2D eigenvalue weighted by Gasteiger charge is -2.05. The molecule has 0 saturated carbocycles. The molecule has 0 amide bonds. The molecule has 4 aromatic rings. The molecule has 0 bridgehead atoms. The summed E-state index contributed by atoms with van der Waals surface area (Å²) < 4.78 is 4.64. The van der Waals surface area contributed by atoms with Gasteiger partial charge < -0.3 is 10.2 Å². The molecule has 4 rings (SSSR count). The summed E-state index contributed by atoms with van der Waals surface area (Å²) in [7, 11) is 0. The molecule has 0 aliphatic heterocycles. The maximum atomic E-state index is 9.32. The molecule has 2 aromatic heterocycles. The van der Waals surface area contributed by atoms with Gasteiger partial charge in [0.2, 0.25) is 11.3 Å². The maximum Gasteiger partial charge on any atom is 0.245 e. The van der Waals surface area contributed by atoms with E-state index in [0.717, 1.165) is 11.1 Å². The highest BCUT2D eigenvalue weighted by molar-refractivity contribution is 5.82. The third kappa shape index (κ3) is 4.42. The summed E-state index contributed by atoms with van der Waals surface area (Å²) in [5.41, 5.74) is 7.50. The number of benzene rings is 2. The van der Waals surface area contributed by atoms with Gasteiger partial charge in [-0.15, -0.1) is 0 Å². The van der Waals surface area contributed by atoms with Crippen molar-refractivity contribution in [2.75, 3.05) is 10.9 Å². The molecule has 2 aromatic carbocycles. The van der Waals surface area contributed by atoms with Crippen molar-refractivity contribution in [2.24, 2.45) is 10.2 Å². The minimum Gasteiger partial charge on any atom is -0.508 e. The molecular formula is C18H14N8O3. The van der Waals surface area contributed by atoms with Crippen LogP contribution < -0.4 is 10.9 Å². The summed E-state index contributed by atoms with van der Waals surface area (Å²) in [6, 6.07) is 13.0. The first-order valence-corrected chi connectivity index (χ1v) is 8.34. The average molecular weight is 390 g/mol. The van der Waals surface area contributed by atoms with Crippen LogP contribution in [0.5, 0.6) is 11.5 Å². The molecule has 0 atom stereocenters. The largest absolute Gasteiger partial charge is 0.508 e. The Morgan fingerprint density at radius 3 is 1.52 bits per heavy atom. The van der Waals surface area contributed by atoms with Crippen LogP contribution in [-0.4, -0.2) is 42.9 Å². The molecule has 0 saturated heterocycles. The monoisotopic (exact) mass is 390 g/mol. The Hall–Kier alpha value is -4.54. The first kappa shape index (κ1) is 17.9. The van der Waals surface area contributed by atoms with Gasteiger partial charge in [-0.05, 0) is 70.0 Å². The van der Waals surface area contributed by atoms with Gasteiger partial charge in [0.25, 0.3) is 0 Å². The van der Waals surface area contributed by atoms with E-state index >= 15 is 0 Å². The van der Waals surface area contributed by atoms with Crippen molar-refractivity contribution in [3.05, 3.63) is 59.7 Å². The number of phenols is 2. The molecule has 0 aliphatic rings. The maximum absolute atomic E-state index is 9.32. The molecule has 11 heteroatoms. The van der Waals surface area contributed by atoms with Gasteiger partial charge in [0.15, 0.2) is 11.6 Å². The first-order valence-electron chi connectivity index (χ1n) is 8.34. The summed E-state index contributed by atoms with van der Waals surface area (Å²) in [4.78, 5) is 8.51. The Balaban J connectivity index is 1.53. The van der Waals surface area contributed by atoms with Crippen LogP contribution in [0.1, 0.15) is 11.1 Å². The Labute approximate surface area is 163 Å². The van der Waals surface area contributed by atoms with Crippen LogP contribution in [0.2, 0.25) is 0 Å². The van der Waals surface area contributed by atoms with Crippen molar-refractivity contribution in [3.63, 3.8) is 0 Å². The molecular weight excluding hydrogens is 376 g/mol. The first-order chi connectivity index (χ1) is 14.2. The molecule has 0 radical (unpaired) electrons. The smallest absolute Gasteiger partial charge is 0.245 e. The highest BCUT2D eigenvalue weighted by Crippen LogP contribution is 2.19. The Bertz CT molecular complexity index is 1080. The van der Waals surface area contributed by atoms with Gasteiger partial charge in [-0.1, -0.05) is 0 Å². The minimum atomic E-state index is 0.169. The van der Waals surface area contributed by atoms with E-state index in [9.17, 15) is 10.2 Å². The topological polar surface area (TPSA) is 154 Å². The van der Waals surface area contributed by atoms with E-state index in [2.05, 4.69) is 46.0 Å². The number of anilines is 2. The Morgan fingerprint density at radius 2 is 1.10 bits per heavy atom. The molecule has 29 heavy (non-hydrogen) atoms. The van der Waals surface area contributed by atoms with E-state index in [1.54, 1.807) is 61.0 Å². The molecule has 0 aliphatic carbocycles. The lowest BCUT2D eigenvalue weighted by atomic mass is 10.2. The third-order valence-corrected chi connectivity index (χ3v) is 3.67. The molecule has 144 valence electrons. The van der Waals surface area contributed by atoms with Gasteiger partial charge in [0.05, 0.1) is 12.4 Å². The van der Waals surface area contributed by atoms with Gasteiger partial charge in [-0.2, -0.15) is 20.2 Å². The summed E-state index contributed by atoms with van der Waals surface area (Å²) in [6.07, 6.45) is 3.10. The summed E-state index contributed by atoms with van der Waals surface area (Å²) in [5, 5.41) is 34.2. The number of nitrogens with zero attached hydrogens (tertiary/aromatic N) is 6. The zero-order valence-electron chi connectivity index (χ0n) is 14.8. The van der Waals surface area contributed by atoms with E-state index in [1.165, 1.54) is 0 Å². The van der Waals surface area contributed by atoms with Crippen LogP contribution in [0.15, 0.2) is 63.4 Å². The quantitative estimate of drug-likeness (QED) is 0.287. The highest BCUT2D eigenvalue weighted by atomic mass is 16.6.